The third-order valence-electron chi connectivity index (χ3n) is 3.71. The minimum absolute atomic E-state index is 0.0110. The number of benzene rings is 2. The van der Waals surface area contributed by atoms with Crippen LogP contribution in [0.5, 0.6) is 11.5 Å². The Morgan fingerprint density at radius 2 is 1.92 bits per heavy atom. The summed E-state index contributed by atoms with van der Waals surface area (Å²) in [6.45, 7) is 0.550. The van der Waals surface area contributed by atoms with E-state index in [-0.39, 0.29) is 19.2 Å². The molecule has 0 fully saturated rings. The smallest absolute Gasteiger partial charge is 0.325 e. The van der Waals surface area contributed by atoms with Crippen LogP contribution in [0.15, 0.2) is 42.5 Å². The molecule has 0 saturated heterocycles. The topological polar surface area (TPSA) is 85.9 Å². The molecule has 1 aliphatic rings. The van der Waals surface area contributed by atoms with Gasteiger partial charge in [0, 0.05) is 12.2 Å². The first-order valence-electron chi connectivity index (χ1n) is 7.74. The van der Waals surface area contributed by atoms with Crippen molar-refractivity contribution >= 4 is 17.6 Å². The first-order chi connectivity index (χ1) is 12.2. The van der Waals surface area contributed by atoms with Gasteiger partial charge in [-0.25, -0.2) is 0 Å². The Balaban J connectivity index is 1.64. The molecule has 2 N–H and O–H groups in total. The van der Waals surface area contributed by atoms with Gasteiger partial charge in [0.05, 0.1) is 12.7 Å². The maximum absolute atomic E-state index is 12.5. The highest BCUT2D eigenvalue weighted by Gasteiger charge is 2.15. The molecule has 25 heavy (non-hydrogen) atoms. The molecule has 0 atom stereocenters. The van der Waals surface area contributed by atoms with Crippen LogP contribution in [0.1, 0.15) is 15.9 Å². The number of fused-ring (bicyclic) bond motifs is 1. The molecule has 0 saturated carbocycles. The molecule has 7 heteroatoms. The summed E-state index contributed by atoms with van der Waals surface area (Å²) in [4.78, 5) is 23.7. The van der Waals surface area contributed by atoms with Crippen molar-refractivity contribution in [3.05, 3.63) is 53.6 Å². The second-order valence-corrected chi connectivity index (χ2v) is 5.35. The Bertz CT molecular complexity index is 791. The first kappa shape index (κ1) is 16.6. The number of methoxy groups -OCH3 is 1. The number of hydrogen-bond donors (Lipinski definition) is 2. The van der Waals surface area contributed by atoms with E-state index in [4.69, 9.17) is 9.47 Å². The van der Waals surface area contributed by atoms with Gasteiger partial charge in [-0.15, -0.1) is 0 Å². The largest absolute Gasteiger partial charge is 0.468 e. The van der Waals surface area contributed by atoms with Crippen molar-refractivity contribution in [3.8, 4) is 11.5 Å². The summed E-state index contributed by atoms with van der Waals surface area (Å²) in [5.41, 5.74) is 1.92. The van der Waals surface area contributed by atoms with Gasteiger partial charge in [-0.1, -0.05) is 18.2 Å². The number of carbonyl (C=O) groups excluding carboxylic acids is 2. The van der Waals surface area contributed by atoms with E-state index in [0.29, 0.717) is 29.3 Å². The second kappa shape index (κ2) is 7.57. The zero-order valence-electron chi connectivity index (χ0n) is 13.7. The number of nitrogens with one attached hydrogen (secondary N) is 2. The van der Waals surface area contributed by atoms with Crippen LogP contribution in [-0.4, -0.2) is 32.3 Å². The van der Waals surface area contributed by atoms with Gasteiger partial charge < -0.3 is 24.8 Å². The molecule has 1 aliphatic heterocycles. The third-order valence-corrected chi connectivity index (χ3v) is 3.71. The van der Waals surface area contributed by atoms with E-state index in [2.05, 4.69) is 15.4 Å². The number of rotatable bonds is 6. The molecule has 0 spiro atoms. The standard InChI is InChI=1S/C18H18N2O5/c1-23-17(21)10-19-14-5-3-2-4-13(14)18(22)20-9-12-6-7-15-16(8-12)25-11-24-15/h2-8,19H,9-11H2,1H3,(H,20,22). The lowest BCUT2D eigenvalue weighted by molar-refractivity contribution is -0.138. The molecule has 0 aromatic heterocycles. The van der Waals surface area contributed by atoms with Crippen LogP contribution < -0.4 is 20.1 Å². The van der Waals surface area contributed by atoms with Gasteiger partial charge in [-0.2, -0.15) is 0 Å². The molecule has 0 bridgehead atoms. The lowest BCUT2D eigenvalue weighted by Gasteiger charge is -2.12. The number of carbonyl (C=O) groups is 2. The first-order valence-corrected chi connectivity index (χ1v) is 7.74. The molecule has 2 aromatic carbocycles. The lowest BCUT2D eigenvalue weighted by Crippen LogP contribution is -2.25. The summed E-state index contributed by atoms with van der Waals surface area (Å²) in [6.07, 6.45) is 0. The molecular formula is C18H18N2O5. The SMILES string of the molecule is COC(=O)CNc1ccccc1C(=O)NCc1ccc2c(c1)OCO2. The minimum atomic E-state index is -0.407. The zero-order valence-corrected chi connectivity index (χ0v) is 13.7. The van der Waals surface area contributed by atoms with Crippen molar-refractivity contribution in [3.63, 3.8) is 0 Å². The van der Waals surface area contributed by atoms with Crippen LogP contribution in [0.2, 0.25) is 0 Å². The molecule has 1 heterocycles. The Labute approximate surface area is 144 Å². The van der Waals surface area contributed by atoms with Gasteiger partial charge in [-0.3, -0.25) is 9.59 Å². The number of amides is 1. The summed E-state index contributed by atoms with van der Waals surface area (Å²) in [7, 11) is 1.31. The number of hydrogen-bond acceptors (Lipinski definition) is 6. The maximum Gasteiger partial charge on any atom is 0.325 e. The van der Waals surface area contributed by atoms with E-state index in [1.807, 2.05) is 18.2 Å². The Morgan fingerprint density at radius 1 is 1.12 bits per heavy atom. The van der Waals surface area contributed by atoms with Crippen molar-refractivity contribution in [2.24, 2.45) is 0 Å². The van der Waals surface area contributed by atoms with Crippen LogP contribution in [0, 0.1) is 0 Å². The van der Waals surface area contributed by atoms with Crippen LogP contribution in [0.4, 0.5) is 5.69 Å². The van der Waals surface area contributed by atoms with Gasteiger partial charge in [0.1, 0.15) is 6.54 Å². The van der Waals surface area contributed by atoms with Gasteiger partial charge in [-0.05, 0) is 29.8 Å². The van der Waals surface area contributed by atoms with E-state index in [1.54, 1.807) is 24.3 Å². The molecule has 0 aliphatic carbocycles. The highest BCUT2D eigenvalue weighted by molar-refractivity contribution is 5.99. The fourth-order valence-corrected chi connectivity index (χ4v) is 2.40. The average molecular weight is 342 g/mol. The molecule has 1 amide bonds. The number of para-hydroxylation sites is 1. The van der Waals surface area contributed by atoms with Crippen molar-refractivity contribution in [2.75, 3.05) is 25.8 Å². The summed E-state index contributed by atoms with van der Waals surface area (Å²) < 4.78 is 15.2. The van der Waals surface area contributed by atoms with Crippen LogP contribution in [0.25, 0.3) is 0 Å². The number of anilines is 1. The molecule has 0 radical (unpaired) electrons. The lowest BCUT2D eigenvalue weighted by atomic mass is 10.1. The summed E-state index contributed by atoms with van der Waals surface area (Å²) >= 11 is 0. The second-order valence-electron chi connectivity index (χ2n) is 5.35. The Morgan fingerprint density at radius 3 is 2.76 bits per heavy atom. The van der Waals surface area contributed by atoms with E-state index in [0.717, 1.165) is 5.56 Å². The van der Waals surface area contributed by atoms with Crippen LogP contribution >= 0.6 is 0 Å². The van der Waals surface area contributed by atoms with E-state index in [9.17, 15) is 9.59 Å². The molecule has 2 aromatic rings. The third kappa shape index (κ3) is 4.00. The predicted octanol–water partition coefficient (Wildman–Crippen LogP) is 1.93. The Kier molecular flexibility index (Phi) is 5.03. The van der Waals surface area contributed by atoms with Crippen molar-refractivity contribution in [2.45, 2.75) is 6.54 Å². The highest BCUT2D eigenvalue weighted by atomic mass is 16.7. The fraction of sp³-hybridized carbons (Fsp3) is 0.222. The van der Waals surface area contributed by atoms with E-state index < -0.39 is 5.97 Å². The van der Waals surface area contributed by atoms with Gasteiger partial charge in [0.2, 0.25) is 6.79 Å². The normalized spacial score (nSPS) is 11.7. The molecule has 7 nitrogen and oxygen atoms in total. The predicted molar refractivity (Wildman–Crippen MR) is 90.7 cm³/mol. The van der Waals surface area contributed by atoms with Crippen molar-refractivity contribution in [1.82, 2.24) is 5.32 Å². The minimum Gasteiger partial charge on any atom is -0.468 e. The van der Waals surface area contributed by atoms with E-state index in [1.165, 1.54) is 7.11 Å². The zero-order chi connectivity index (χ0) is 17.6. The fourth-order valence-electron chi connectivity index (χ4n) is 2.40. The maximum atomic E-state index is 12.5. The van der Waals surface area contributed by atoms with E-state index >= 15 is 0 Å². The quantitative estimate of drug-likeness (QED) is 0.780. The number of esters is 1. The monoisotopic (exact) mass is 342 g/mol. The van der Waals surface area contributed by atoms with Gasteiger partial charge in [0.25, 0.3) is 5.91 Å². The molecule has 130 valence electrons. The highest BCUT2D eigenvalue weighted by Crippen LogP contribution is 2.32. The molecular weight excluding hydrogens is 324 g/mol. The summed E-state index contributed by atoms with van der Waals surface area (Å²) in [5.74, 6) is 0.723. The summed E-state index contributed by atoms with van der Waals surface area (Å²) in [5, 5.41) is 5.76. The molecule has 0 unspecified atom stereocenters. The van der Waals surface area contributed by atoms with Crippen LogP contribution in [0.3, 0.4) is 0 Å². The van der Waals surface area contributed by atoms with Crippen molar-refractivity contribution < 1.29 is 23.8 Å². The van der Waals surface area contributed by atoms with Crippen molar-refractivity contribution in [1.29, 1.82) is 0 Å². The van der Waals surface area contributed by atoms with Crippen LogP contribution in [-0.2, 0) is 16.1 Å². The van der Waals surface area contributed by atoms with Gasteiger partial charge in [0.15, 0.2) is 11.5 Å². The Hall–Kier alpha value is -3.22. The van der Waals surface area contributed by atoms with Gasteiger partial charge >= 0.3 is 5.97 Å². The molecule has 3 rings (SSSR count). The average Bonchev–Trinajstić information content (AvgIpc) is 3.12. The number of ether oxygens (including phenoxy) is 3. The summed E-state index contributed by atoms with van der Waals surface area (Å²) in [6, 6.07) is 12.5.